The van der Waals surface area contributed by atoms with Crippen LogP contribution in [0.15, 0.2) is 53.9 Å². The number of nitrogens with zero attached hydrogens (tertiary/aromatic N) is 3. The molecule has 0 aliphatic carbocycles. The van der Waals surface area contributed by atoms with E-state index in [1.807, 2.05) is 6.07 Å². The van der Waals surface area contributed by atoms with E-state index in [1.165, 1.54) is 42.4 Å². The predicted octanol–water partition coefficient (Wildman–Crippen LogP) is 5.19. The van der Waals surface area contributed by atoms with Crippen molar-refractivity contribution in [3.05, 3.63) is 76.7 Å². The number of carbonyl (C=O) groups excluding carboxylic acids is 2. The Hall–Kier alpha value is -3.85. The smallest absolute Gasteiger partial charge is 0.340 e. The van der Waals surface area contributed by atoms with Crippen LogP contribution in [0.3, 0.4) is 0 Å². The minimum Gasteiger partial charge on any atom is -0.495 e. The number of methoxy groups -OCH3 is 1. The van der Waals surface area contributed by atoms with Gasteiger partial charge in [-0.05, 0) is 37.3 Å². The van der Waals surface area contributed by atoms with Gasteiger partial charge in [0.1, 0.15) is 18.2 Å². The molecule has 0 saturated carbocycles. The highest BCUT2D eigenvalue weighted by Gasteiger charge is 2.22. The summed E-state index contributed by atoms with van der Waals surface area (Å²) in [6, 6.07) is 13.0. The lowest BCUT2D eigenvalue weighted by Gasteiger charge is -2.20. The van der Waals surface area contributed by atoms with Crippen LogP contribution in [-0.2, 0) is 16.1 Å². The Balaban J connectivity index is 1.52. The first-order chi connectivity index (χ1) is 15.9. The molecule has 0 radical (unpaired) electrons. The summed E-state index contributed by atoms with van der Waals surface area (Å²) in [5.74, 6) is -0.646. The Morgan fingerprint density at radius 3 is 2.67 bits per heavy atom. The highest BCUT2D eigenvalue weighted by molar-refractivity contribution is 7.14. The number of ether oxygens (including phenoxy) is 2. The molecule has 2 aromatic carbocycles. The van der Waals surface area contributed by atoms with Gasteiger partial charge in [0.25, 0.3) is 0 Å². The molecule has 7 nitrogen and oxygen atoms in total. The molecule has 0 aliphatic rings. The zero-order chi connectivity index (χ0) is 23.5. The van der Waals surface area contributed by atoms with Gasteiger partial charge >= 0.3 is 5.97 Å². The summed E-state index contributed by atoms with van der Waals surface area (Å²) in [5, 5.41) is 2.80. The van der Waals surface area contributed by atoms with Crippen molar-refractivity contribution in [2.75, 3.05) is 12.0 Å². The number of para-hydroxylation sites is 2. The number of esters is 1. The third-order valence-electron chi connectivity index (χ3n) is 4.91. The number of amides is 1. The average molecular weight is 466 g/mol. The van der Waals surface area contributed by atoms with Crippen molar-refractivity contribution >= 4 is 44.9 Å². The van der Waals surface area contributed by atoms with Crippen molar-refractivity contribution in [2.45, 2.75) is 20.5 Å². The van der Waals surface area contributed by atoms with Crippen LogP contribution in [0.25, 0.3) is 10.9 Å². The largest absolute Gasteiger partial charge is 0.495 e. The number of benzene rings is 2. The van der Waals surface area contributed by atoms with Gasteiger partial charge in [0.15, 0.2) is 5.13 Å². The van der Waals surface area contributed by atoms with E-state index in [2.05, 4.69) is 9.97 Å². The summed E-state index contributed by atoms with van der Waals surface area (Å²) < 4.78 is 24.2. The Bertz CT molecular complexity index is 1350. The van der Waals surface area contributed by atoms with Crippen LogP contribution in [0.1, 0.15) is 28.7 Å². The molecule has 1 amide bonds. The monoisotopic (exact) mass is 465 g/mol. The number of aromatic nitrogens is 2. The zero-order valence-corrected chi connectivity index (χ0v) is 19.0. The fourth-order valence-electron chi connectivity index (χ4n) is 3.35. The number of pyridine rings is 1. The second-order valence-electron chi connectivity index (χ2n) is 7.18. The first-order valence-corrected chi connectivity index (χ1v) is 10.9. The summed E-state index contributed by atoms with van der Waals surface area (Å²) in [6.07, 6.45) is 0. The van der Waals surface area contributed by atoms with E-state index in [-0.39, 0.29) is 12.5 Å². The van der Waals surface area contributed by atoms with E-state index in [1.54, 1.807) is 42.6 Å². The van der Waals surface area contributed by atoms with Crippen LogP contribution >= 0.6 is 11.3 Å². The van der Waals surface area contributed by atoms with Gasteiger partial charge in [0, 0.05) is 23.8 Å². The van der Waals surface area contributed by atoms with Gasteiger partial charge in [0.05, 0.1) is 35.3 Å². The SMILES string of the molecule is COc1ccccc1N(C(C)=O)c1nc(COC(=O)c2cc3ccc(F)cc3nc2C)cs1. The number of thiazole rings is 1. The molecular formula is C24H20FN3O4S. The van der Waals surface area contributed by atoms with Gasteiger partial charge in [-0.2, -0.15) is 0 Å². The summed E-state index contributed by atoms with van der Waals surface area (Å²) >= 11 is 1.25. The lowest BCUT2D eigenvalue weighted by atomic mass is 10.1. The first-order valence-electron chi connectivity index (χ1n) is 9.99. The first kappa shape index (κ1) is 22.3. The molecule has 33 heavy (non-hydrogen) atoms. The van der Waals surface area contributed by atoms with E-state index in [0.717, 1.165) is 0 Å². The summed E-state index contributed by atoms with van der Waals surface area (Å²) in [5.41, 5.74) is 2.27. The van der Waals surface area contributed by atoms with E-state index >= 15 is 0 Å². The van der Waals surface area contributed by atoms with Crippen molar-refractivity contribution in [1.29, 1.82) is 0 Å². The summed E-state index contributed by atoms with van der Waals surface area (Å²) in [6.45, 7) is 3.03. The van der Waals surface area contributed by atoms with Gasteiger partial charge in [-0.25, -0.2) is 14.2 Å². The molecule has 9 heteroatoms. The molecule has 2 aromatic heterocycles. The number of fused-ring (bicyclic) bond motifs is 1. The molecular weight excluding hydrogens is 445 g/mol. The highest BCUT2D eigenvalue weighted by atomic mass is 32.1. The topological polar surface area (TPSA) is 81.6 Å². The second-order valence-corrected chi connectivity index (χ2v) is 8.02. The molecule has 168 valence electrons. The van der Waals surface area contributed by atoms with Gasteiger partial charge in [0.2, 0.25) is 5.91 Å². The number of halogens is 1. The molecule has 0 fully saturated rings. The van der Waals surface area contributed by atoms with E-state index in [9.17, 15) is 14.0 Å². The molecule has 0 unspecified atom stereocenters. The lowest BCUT2D eigenvalue weighted by Crippen LogP contribution is -2.23. The third-order valence-corrected chi connectivity index (χ3v) is 5.79. The maximum absolute atomic E-state index is 13.4. The quantitative estimate of drug-likeness (QED) is 0.365. The number of anilines is 2. The normalized spacial score (nSPS) is 10.8. The summed E-state index contributed by atoms with van der Waals surface area (Å²) in [4.78, 5) is 35.2. The average Bonchev–Trinajstić information content (AvgIpc) is 3.25. The van der Waals surface area contributed by atoms with Gasteiger partial charge in [-0.1, -0.05) is 12.1 Å². The van der Waals surface area contributed by atoms with Crippen molar-refractivity contribution in [2.24, 2.45) is 0 Å². The molecule has 0 bridgehead atoms. The van der Waals surface area contributed by atoms with Crippen molar-refractivity contribution < 1.29 is 23.5 Å². The van der Waals surface area contributed by atoms with Crippen LogP contribution in [0.4, 0.5) is 15.2 Å². The lowest BCUT2D eigenvalue weighted by molar-refractivity contribution is -0.115. The van der Waals surface area contributed by atoms with Crippen LogP contribution in [0.2, 0.25) is 0 Å². The molecule has 0 atom stereocenters. The number of hydrogen-bond acceptors (Lipinski definition) is 7. The van der Waals surface area contributed by atoms with Crippen LogP contribution in [0.5, 0.6) is 5.75 Å². The molecule has 4 rings (SSSR count). The summed E-state index contributed by atoms with van der Waals surface area (Å²) in [7, 11) is 1.53. The number of rotatable bonds is 6. The number of carbonyl (C=O) groups is 2. The molecule has 4 aromatic rings. The second kappa shape index (κ2) is 9.33. The van der Waals surface area contributed by atoms with E-state index < -0.39 is 11.8 Å². The fourth-order valence-corrected chi connectivity index (χ4v) is 4.21. The minimum atomic E-state index is -0.561. The van der Waals surface area contributed by atoms with E-state index in [4.69, 9.17) is 9.47 Å². The van der Waals surface area contributed by atoms with Crippen molar-refractivity contribution in [3.8, 4) is 5.75 Å². The van der Waals surface area contributed by atoms with Crippen LogP contribution in [0, 0.1) is 12.7 Å². The Kier molecular flexibility index (Phi) is 6.32. The Morgan fingerprint density at radius 2 is 1.91 bits per heavy atom. The predicted molar refractivity (Wildman–Crippen MR) is 123 cm³/mol. The Labute approximate surface area is 193 Å². The third kappa shape index (κ3) is 4.68. The van der Waals surface area contributed by atoms with Crippen LogP contribution in [-0.4, -0.2) is 29.0 Å². The highest BCUT2D eigenvalue weighted by Crippen LogP contribution is 2.35. The maximum atomic E-state index is 13.4. The zero-order valence-electron chi connectivity index (χ0n) is 18.2. The minimum absolute atomic E-state index is 0.0755. The Morgan fingerprint density at radius 1 is 1.12 bits per heavy atom. The van der Waals surface area contributed by atoms with E-state index in [0.29, 0.717) is 44.4 Å². The van der Waals surface area contributed by atoms with Gasteiger partial charge in [-0.3, -0.25) is 14.7 Å². The standard InChI is InChI=1S/C24H20FN3O4S/c1-14-19(10-16-8-9-17(25)11-20(16)26-14)23(30)32-12-18-13-33-24(27-18)28(15(2)29)21-6-4-5-7-22(21)31-3/h4-11,13H,12H2,1-3H3. The number of hydrogen-bond donors (Lipinski definition) is 0. The van der Waals surface area contributed by atoms with Gasteiger partial charge in [-0.15, -0.1) is 11.3 Å². The molecule has 0 aliphatic heterocycles. The van der Waals surface area contributed by atoms with Crippen LogP contribution < -0.4 is 9.64 Å². The van der Waals surface area contributed by atoms with Gasteiger partial charge < -0.3 is 9.47 Å². The molecule has 2 heterocycles. The van der Waals surface area contributed by atoms with Crippen molar-refractivity contribution in [3.63, 3.8) is 0 Å². The van der Waals surface area contributed by atoms with Crippen molar-refractivity contribution in [1.82, 2.24) is 9.97 Å². The fraction of sp³-hybridized carbons (Fsp3) is 0.167. The molecule has 0 N–H and O–H groups in total. The number of aryl methyl sites for hydroxylation is 1. The molecule has 0 spiro atoms. The maximum Gasteiger partial charge on any atom is 0.340 e. The molecule has 0 saturated heterocycles.